The molecule has 0 radical (unpaired) electrons. The highest BCUT2D eigenvalue weighted by Gasteiger charge is 2.35. The van der Waals surface area contributed by atoms with E-state index in [9.17, 15) is 22.8 Å². The molecule has 0 saturated heterocycles. The molecule has 2 aromatic heterocycles. The Balaban J connectivity index is 2.06. The smallest absolute Gasteiger partial charge is 0.294 e. The van der Waals surface area contributed by atoms with Gasteiger partial charge >= 0.3 is 11.0 Å². The van der Waals surface area contributed by atoms with Crippen molar-refractivity contribution in [1.29, 1.82) is 0 Å². The number of nitrogens with zero attached hydrogens (tertiary/aromatic N) is 3. The second kappa shape index (κ2) is 5.07. The van der Waals surface area contributed by atoms with Gasteiger partial charge in [0.15, 0.2) is 0 Å². The van der Waals surface area contributed by atoms with Crippen molar-refractivity contribution < 1.29 is 18.0 Å². The first-order valence-electron chi connectivity index (χ1n) is 5.22. The molecule has 2 N–H and O–H groups in total. The number of carbonyl (C=O) groups is 1. The van der Waals surface area contributed by atoms with Crippen molar-refractivity contribution in [3.05, 3.63) is 26.6 Å². The van der Waals surface area contributed by atoms with Crippen LogP contribution in [0.4, 0.5) is 19.1 Å². The molecule has 2 rings (SSSR count). The number of anilines is 1. The second-order valence-electron chi connectivity index (χ2n) is 3.78. The summed E-state index contributed by atoms with van der Waals surface area (Å²) in [6, 6.07) is 0. The van der Waals surface area contributed by atoms with Crippen LogP contribution < -0.4 is 10.2 Å². The van der Waals surface area contributed by atoms with Gasteiger partial charge in [-0.1, -0.05) is 11.3 Å². The van der Waals surface area contributed by atoms with E-state index in [1.807, 2.05) is 0 Å². The number of aromatic nitrogens is 4. The third kappa shape index (κ3) is 3.04. The maximum absolute atomic E-state index is 12.3. The van der Waals surface area contributed by atoms with Crippen molar-refractivity contribution in [3.8, 4) is 0 Å². The molecule has 7 nitrogen and oxygen atoms in total. The molecule has 108 valence electrons. The van der Waals surface area contributed by atoms with Crippen LogP contribution in [0.1, 0.15) is 11.5 Å². The van der Waals surface area contributed by atoms with Gasteiger partial charge < -0.3 is 0 Å². The van der Waals surface area contributed by atoms with Gasteiger partial charge in [-0.3, -0.25) is 24.6 Å². The molecule has 0 aliphatic heterocycles. The minimum atomic E-state index is -4.67. The standard InChI is InChI=1S/C9H8F3N5O2S/c1-4-3-20-8(19)17(4)2-5(18)13-7-14-6(15-16-7)9(10,11)12/h3H,2H2,1H3,(H2,13,14,15,16,18). The number of aromatic amines is 1. The Morgan fingerprint density at radius 3 is 2.75 bits per heavy atom. The monoisotopic (exact) mass is 307 g/mol. The molecule has 0 aliphatic carbocycles. The molecule has 0 unspecified atom stereocenters. The Bertz CT molecular complexity index is 686. The molecule has 0 spiro atoms. The molecule has 0 aliphatic rings. The summed E-state index contributed by atoms with van der Waals surface area (Å²) in [5, 5.41) is 8.54. The minimum absolute atomic E-state index is 0.315. The number of hydrogen-bond acceptors (Lipinski definition) is 5. The van der Waals surface area contributed by atoms with E-state index in [0.717, 1.165) is 11.3 Å². The van der Waals surface area contributed by atoms with Crippen LogP contribution in [0.2, 0.25) is 0 Å². The van der Waals surface area contributed by atoms with E-state index in [4.69, 9.17) is 0 Å². The van der Waals surface area contributed by atoms with E-state index < -0.39 is 23.9 Å². The fraction of sp³-hybridized carbons (Fsp3) is 0.333. The van der Waals surface area contributed by atoms with Crippen LogP contribution in [0, 0.1) is 6.92 Å². The summed E-state index contributed by atoms with van der Waals surface area (Å²) in [7, 11) is 0. The topological polar surface area (TPSA) is 92.7 Å². The summed E-state index contributed by atoms with van der Waals surface area (Å²) < 4.78 is 38.0. The predicted molar refractivity (Wildman–Crippen MR) is 63.3 cm³/mol. The normalized spacial score (nSPS) is 11.6. The van der Waals surface area contributed by atoms with Crippen LogP contribution in [0.15, 0.2) is 10.2 Å². The number of hydrogen-bond donors (Lipinski definition) is 2. The Hall–Kier alpha value is -2.17. The maximum Gasteiger partial charge on any atom is 0.451 e. The third-order valence-corrected chi connectivity index (χ3v) is 3.16. The second-order valence-corrected chi connectivity index (χ2v) is 4.60. The fourth-order valence-corrected chi connectivity index (χ4v) is 2.08. The fourth-order valence-electron chi connectivity index (χ4n) is 1.35. The molecule has 2 heterocycles. The number of H-pyrrole nitrogens is 1. The summed E-state index contributed by atoms with van der Waals surface area (Å²) >= 11 is 0.928. The van der Waals surface area contributed by atoms with Gasteiger partial charge in [0.05, 0.1) is 0 Å². The van der Waals surface area contributed by atoms with Crippen molar-refractivity contribution in [2.45, 2.75) is 19.6 Å². The van der Waals surface area contributed by atoms with Gasteiger partial charge in [0.2, 0.25) is 17.7 Å². The van der Waals surface area contributed by atoms with E-state index in [-0.39, 0.29) is 11.4 Å². The summed E-state index contributed by atoms with van der Waals surface area (Å²) in [5.41, 5.74) is 0.584. The number of aryl methyl sites for hydroxylation is 1. The number of rotatable bonds is 3. The Morgan fingerprint density at radius 2 is 2.25 bits per heavy atom. The number of nitrogens with one attached hydrogen (secondary N) is 2. The van der Waals surface area contributed by atoms with Gasteiger partial charge in [-0.25, -0.2) is 0 Å². The molecule has 20 heavy (non-hydrogen) atoms. The number of alkyl halides is 3. The molecule has 0 bridgehead atoms. The molecule has 0 saturated carbocycles. The van der Waals surface area contributed by atoms with Crippen molar-refractivity contribution in [3.63, 3.8) is 0 Å². The van der Waals surface area contributed by atoms with E-state index in [1.54, 1.807) is 17.4 Å². The zero-order valence-electron chi connectivity index (χ0n) is 9.98. The van der Waals surface area contributed by atoms with Crippen molar-refractivity contribution in [2.75, 3.05) is 5.32 Å². The minimum Gasteiger partial charge on any atom is -0.294 e. The highest BCUT2D eigenvalue weighted by atomic mass is 32.1. The summed E-state index contributed by atoms with van der Waals surface area (Å²) in [6.45, 7) is 1.32. The van der Waals surface area contributed by atoms with E-state index in [1.165, 1.54) is 4.57 Å². The van der Waals surface area contributed by atoms with Crippen LogP contribution in [0.5, 0.6) is 0 Å². The number of halogens is 3. The third-order valence-electron chi connectivity index (χ3n) is 2.28. The van der Waals surface area contributed by atoms with E-state index in [0.29, 0.717) is 5.69 Å². The average Bonchev–Trinajstić information content (AvgIpc) is 2.90. The molecule has 2 aromatic rings. The van der Waals surface area contributed by atoms with Gasteiger partial charge in [0.25, 0.3) is 0 Å². The zero-order chi connectivity index (χ0) is 14.9. The lowest BCUT2D eigenvalue weighted by Crippen LogP contribution is -2.25. The Labute approximate surface area is 113 Å². The molecule has 1 amide bonds. The van der Waals surface area contributed by atoms with Gasteiger partial charge in [-0.2, -0.15) is 18.2 Å². The van der Waals surface area contributed by atoms with Gasteiger partial charge in [0, 0.05) is 11.1 Å². The highest BCUT2D eigenvalue weighted by molar-refractivity contribution is 7.07. The molecule has 0 aromatic carbocycles. The van der Waals surface area contributed by atoms with Crippen molar-refractivity contribution >= 4 is 23.2 Å². The quantitative estimate of drug-likeness (QED) is 0.884. The zero-order valence-corrected chi connectivity index (χ0v) is 10.8. The number of carbonyl (C=O) groups excluding carboxylic acids is 1. The summed E-state index contributed by atoms with van der Waals surface area (Å²) in [5.74, 6) is -2.50. The maximum atomic E-state index is 12.3. The molecular formula is C9H8F3N5O2S. The molecule has 0 fully saturated rings. The Kier molecular flexibility index (Phi) is 3.61. The van der Waals surface area contributed by atoms with Crippen LogP contribution in [0.25, 0.3) is 0 Å². The number of amides is 1. The average molecular weight is 307 g/mol. The lowest BCUT2D eigenvalue weighted by Gasteiger charge is -2.03. The lowest BCUT2D eigenvalue weighted by atomic mass is 10.5. The van der Waals surface area contributed by atoms with Crippen LogP contribution >= 0.6 is 11.3 Å². The largest absolute Gasteiger partial charge is 0.451 e. The number of thiazole rings is 1. The van der Waals surface area contributed by atoms with Crippen molar-refractivity contribution in [2.24, 2.45) is 0 Å². The first-order valence-corrected chi connectivity index (χ1v) is 6.09. The summed E-state index contributed by atoms with van der Waals surface area (Å²) in [4.78, 5) is 25.7. The Morgan fingerprint density at radius 1 is 1.55 bits per heavy atom. The van der Waals surface area contributed by atoms with Gasteiger partial charge in [0.1, 0.15) is 6.54 Å². The van der Waals surface area contributed by atoms with Gasteiger partial charge in [-0.05, 0) is 6.92 Å². The first kappa shape index (κ1) is 14.2. The van der Waals surface area contributed by atoms with E-state index in [2.05, 4.69) is 15.4 Å². The van der Waals surface area contributed by atoms with Crippen molar-refractivity contribution in [1.82, 2.24) is 19.7 Å². The lowest BCUT2D eigenvalue weighted by molar-refractivity contribution is -0.144. The van der Waals surface area contributed by atoms with E-state index >= 15 is 0 Å². The SMILES string of the molecule is Cc1csc(=O)n1CC(=O)Nc1n[nH]c(C(F)(F)F)n1. The highest BCUT2D eigenvalue weighted by Crippen LogP contribution is 2.26. The van der Waals surface area contributed by atoms with Crippen LogP contribution in [0.3, 0.4) is 0 Å². The molecular weight excluding hydrogens is 299 g/mol. The predicted octanol–water partition coefficient (Wildman–Crippen LogP) is 0.994. The summed E-state index contributed by atoms with van der Waals surface area (Å²) in [6.07, 6.45) is -4.67. The molecule has 11 heteroatoms. The van der Waals surface area contributed by atoms with Crippen LogP contribution in [-0.4, -0.2) is 25.7 Å². The first-order chi connectivity index (χ1) is 9.27. The van der Waals surface area contributed by atoms with Gasteiger partial charge in [-0.15, -0.1) is 5.10 Å². The molecule has 0 atom stereocenters. The van der Waals surface area contributed by atoms with Crippen LogP contribution in [-0.2, 0) is 17.5 Å².